The number of benzene rings is 1. The van der Waals surface area contributed by atoms with E-state index >= 15 is 0 Å². The average Bonchev–Trinajstić information content (AvgIpc) is 3.01. The molecule has 2 aromatic heterocycles. The number of carbonyl (C=O) groups is 2. The van der Waals surface area contributed by atoms with Crippen LogP contribution in [0, 0.1) is 20.8 Å². The first kappa shape index (κ1) is 20.4. The summed E-state index contributed by atoms with van der Waals surface area (Å²) >= 11 is 1.09. The third kappa shape index (κ3) is 5.14. The molecule has 0 atom stereocenters. The van der Waals surface area contributed by atoms with E-state index in [1.165, 1.54) is 0 Å². The summed E-state index contributed by atoms with van der Waals surface area (Å²) in [5.74, 6) is -0.309. The van der Waals surface area contributed by atoms with Crippen molar-refractivity contribution < 1.29 is 14.3 Å². The van der Waals surface area contributed by atoms with Crippen LogP contribution in [-0.4, -0.2) is 33.4 Å². The van der Waals surface area contributed by atoms with E-state index < -0.39 is 5.97 Å². The van der Waals surface area contributed by atoms with Gasteiger partial charge in [0.1, 0.15) is 4.88 Å². The first-order chi connectivity index (χ1) is 13.9. The Kier molecular flexibility index (Phi) is 6.18. The lowest BCUT2D eigenvalue weighted by Crippen LogP contribution is -2.12. The number of esters is 1. The largest absolute Gasteiger partial charge is 0.462 e. The summed E-state index contributed by atoms with van der Waals surface area (Å²) in [4.78, 5) is 37.8. The van der Waals surface area contributed by atoms with Gasteiger partial charge in [-0.25, -0.2) is 19.7 Å². The molecule has 150 valence electrons. The average molecular weight is 411 g/mol. The maximum atomic E-state index is 12.6. The van der Waals surface area contributed by atoms with Crippen molar-refractivity contribution in [2.45, 2.75) is 27.7 Å². The molecule has 0 aliphatic heterocycles. The van der Waals surface area contributed by atoms with Crippen LogP contribution in [0.1, 0.15) is 44.0 Å². The molecule has 0 bridgehead atoms. The molecule has 0 aliphatic carbocycles. The van der Waals surface area contributed by atoms with E-state index in [-0.39, 0.29) is 12.5 Å². The molecule has 3 rings (SSSR count). The van der Waals surface area contributed by atoms with Crippen molar-refractivity contribution in [2.75, 3.05) is 17.2 Å². The Morgan fingerprint density at radius 1 is 1.07 bits per heavy atom. The maximum absolute atomic E-state index is 12.6. The van der Waals surface area contributed by atoms with E-state index in [1.807, 2.05) is 26.0 Å². The van der Waals surface area contributed by atoms with E-state index in [4.69, 9.17) is 4.74 Å². The molecule has 1 aromatic carbocycles. The first-order valence-electron chi connectivity index (χ1n) is 9.01. The highest BCUT2D eigenvalue weighted by molar-refractivity contribution is 7.17. The topological polar surface area (TPSA) is 106 Å². The van der Waals surface area contributed by atoms with Gasteiger partial charge in [0.15, 0.2) is 5.13 Å². The molecule has 0 radical (unpaired) electrons. The van der Waals surface area contributed by atoms with Gasteiger partial charge in [-0.1, -0.05) is 17.4 Å². The van der Waals surface area contributed by atoms with Crippen molar-refractivity contribution in [2.24, 2.45) is 0 Å². The molecule has 2 N–H and O–H groups in total. The fourth-order valence-electron chi connectivity index (χ4n) is 2.65. The molecule has 1 amide bonds. The second-order valence-corrected chi connectivity index (χ2v) is 7.29. The minimum atomic E-state index is -0.442. The summed E-state index contributed by atoms with van der Waals surface area (Å²) in [6.07, 6.45) is 0. The number of ether oxygens (including phenoxy) is 1. The fraction of sp³-hybridized carbons (Fsp3) is 0.250. The van der Waals surface area contributed by atoms with Crippen LogP contribution >= 0.6 is 11.3 Å². The highest BCUT2D eigenvalue weighted by atomic mass is 32.1. The van der Waals surface area contributed by atoms with Gasteiger partial charge in [-0.15, -0.1) is 0 Å². The summed E-state index contributed by atoms with van der Waals surface area (Å²) in [7, 11) is 0. The zero-order valence-electron chi connectivity index (χ0n) is 16.6. The van der Waals surface area contributed by atoms with Gasteiger partial charge in [0.2, 0.25) is 5.95 Å². The number of amides is 1. The van der Waals surface area contributed by atoms with Gasteiger partial charge in [0.05, 0.1) is 12.3 Å². The van der Waals surface area contributed by atoms with Crippen LogP contribution in [0.15, 0.2) is 30.3 Å². The van der Waals surface area contributed by atoms with E-state index in [1.54, 1.807) is 32.0 Å². The maximum Gasteiger partial charge on any atom is 0.350 e. The number of aryl methyl sites for hydroxylation is 3. The normalized spacial score (nSPS) is 10.5. The van der Waals surface area contributed by atoms with Crippen LogP contribution in [0.5, 0.6) is 0 Å². The monoisotopic (exact) mass is 411 g/mol. The van der Waals surface area contributed by atoms with Gasteiger partial charge in [0, 0.05) is 22.6 Å². The van der Waals surface area contributed by atoms with Crippen molar-refractivity contribution >= 4 is 40.0 Å². The van der Waals surface area contributed by atoms with Crippen molar-refractivity contribution in [3.05, 3.63) is 57.9 Å². The molecule has 0 aliphatic rings. The van der Waals surface area contributed by atoms with Gasteiger partial charge in [-0.3, -0.25) is 10.1 Å². The van der Waals surface area contributed by atoms with Gasteiger partial charge in [0.25, 0.3) is 5.91 Å². The number of nitrogens with zero attached hydrogens (tertiary/aromatic N) is 3. The summed E-state index contributed by atoms with van der Waals surface area (Å²) in [5, 5.41) is 6.18. The molecule has 2 heterocycles. The van der Waals surface area contributed by atoms with E-state index in [0.717, 1.165) is 22.7 Å². The van der Waals surface area contributed by atoms with Crippen molar-refractivity contribution in [1.82, 2.24) is 15.0 Å². The minimum Gasteiger partial charge on any atom is -0.462 e. The summed E-state index contributed by atoms with van der Waals surface area (Å²) < 4.78 is 5.00. The number of hydrogen-bond acceptors (Lipinski definition) is 8. The van der Waals surface area contributed by atoms with Crippen LogP contribution in [0.3, 0.4) is 0 Å². The predicted molar refractivity (Wildman–Crippen MR) is 112 cm³/mol. The standard InChI is InChI=1S/C20H21N5O3S/c1-5-28-18(27)16-13(4)23-20(29-16)25-17(26)14-7-6-8-15(10-14)24-19-21-11(2)9-12(3)22-19/h6-10H,5H2,1-4H3,(H,21,22,24)(H,23,25,26). The summed E-state index contributed by atoms with van der Waals surface area (Å²) in [6, 6.07) is 8.86. The molecular formula is C20H21N5O3S. The lowest BCUT2D eigenvalue weighted by atomic mass is 10.2. The van der Waals surface area contributed by atoms with Crippen molar-refractivity contribution in [3.8, 4) is 0 Å². The zero-order chi connectivity index (χ0) is 21.0. The number of carbonyl (C=O) groups excluding carboxylic acids is 2. The van der Waals surface area contributed by atoms with Gasteiger partial charge in [-0.2, -0.15) is 0 Å². The Balaban J connectivity index is 1.74. The molecule has 0 saturated heterocycles. The third-order valence-electron chi connectivity index (χ3n) is 3.84. The highest BCUT2D eigenvalue weighted by Gasteiger charge is 2.18. The molecule has 8 nitrogen and oxygen atoms in total. The first-order valence-corrected chi connectivity index (χ1v) is 9.82. The predicted octanol–water partition coefficient (Wildman–Crippen LogP) is 4.03. The van der Waals surface area contributed by atoms with Gasteiger partial charge < -0.3 is 10.1 Å². The van der Waals surface area contributed by atoms with Crippen LogP contribution < -0.4 is 10.6 Å². The quantitative estimate of drug-likeness (QED) is 0.590. The SMILES string of the molecule is CCOC(=O)c1sc(NC(=O)c2cccc(Nc3nc(C)cc(C)n3)c2)nc1C. The Morgan fingerprint density at radius 2 is 1.79 bits per heavy atom. The molecular weight excluding hydrogens is 390 g/mol. The van der Waals surface area contributed by atoms with Crippen LogP contribution in [0.25, 0.3) is 0 Å². The highest BCUT2D eigenvalue weighted by Crippen LogP contribution is 2.24. The van der Waals surface area contributed by atoms with E-state index in [2.05, 4.69) is 25.6 Å². The van der Waals surface area contributed by atoms with Crippen molar-refractivity contribution in [1.29, 1.82) is 0 Å². The van der Waals surface area contributed by atoms with E-state index in [9.17, 15) is 9.59 Å². The fourth-order valence-corrected chi connectivity index (χ4v) is 3.51. The number of rotatable bonds is 6. The lowest BCUT2D eigenvalue weighted by Gasteiger charge is -2.08. The summed E-state index contributed by atoms with van der Waals surface area (Å²) in [5.41, 5.74) is 3.34. The van der Waals surface area contributed by atoms with Crippen LogP contribution in [0.2, 0.25) is 0 Å². The smallest absolute Gasteiger partial charge is 0.350 e. The minimum absolute atomic E-state index is 0.280. The second-order valence-electron chi connectivity index (χ2n) is 6.29. The molecule has 9 heteroatoms. The lowest BCUT2D eigenvalue weighted by molar-refractivity contribution is 0.0531. The zero-order valence-corrected chi connectivity index (χ0v) is 17.4. The van der Waals surface area contributed by atoms with Crippen LogP contribution in [-0.2, 0) is 4.74 Å². The number of hydrogen-bond donors (Lipinski definition) is 2. The molecule has 29 heavy (non-hydrogen) atoms. The number of anilines is 3. The molecule has 0 unspecified atom stereocenters. The Bertz CT molecular complexity index is 1040. The number of aromatic nitrogens is 3. The Hall–Kier alpha value is -3.33. The molecule has 0 spiro atoms. The van der Waals surface area contributed by atoms with Gasteiger partial charge >= 0.3 is 5.97 Å². The molecule has 0 saturated carbocycles. The van der Waals surface area contributed by atoms with E-state index in [0.29, 0.717) is 32.9 Å². The van der Waals surface area contributed by atoms with Crippen LogP contribution in [0.4, 0.5) is 16.8 Å². The van der Waals surface area contributed by atoms with Crippen molar-refractivity contribution in [3.63, 3.8) is 0 Å². The number of thiazole rings is 1. The Labute approximate surface area is 172 Å². The third-order valence-corrected chi connectivity index (χ3v) is 4.89. The molecule has 3 aromatic rings. The Morgan fingerprint density at radius 3 is 2.48 bits per heavy atom. The molecule has 0 fully saturated rings. The summed E-state index contributed by atoms with van der Waals surface area (Å²) in [6.45, 7) is 7.50. The van der Waals surface area contributed by atoms with Gasteiger partial charge in [-0.05, 0) is 52.0 Å². The second kappa shape index (κ2) is 8.78. The number of nitrogens with one attached hydrogen (secondary N) is 2.